The van der Waals surface area contributed by atoms with Gasteiger partial charge in [-0.25, -0.2) is 0 Å². The van der Waals surface area contributed by atoms with E-state index in [2.05, 4.69) is 15.8 Å². The highest BCUT2D eigenvalue weighted by molar-refractivity contribution is 5.62. The highest BCUT2D eigenvalue weighted by atomic mass is 16.5. The van der Waals surface area contributed by atoms with Crippen molar-refractivity contribution in [2.24, 2.45) is 0 Å². The van der Waals surface area contributed by atoms with E-state index in [1.54, 1.807) is 6.20 Å². The Balaban J connectivity index is 2.39. The molecule has 0 fully saturated rings. The Labute approximate surface area is 52.2 Å². The van der Waals surface area contributed by atoms with E-state index in [-0.39, 0.29) is 0 Å². The van der Waals surface area contributed by atoms with Gasteiger partial charge in [0.15, 0.2) is 0 Å². The Bertz CT molecular complexity index is 187. The predicted octanol–water partition coefficient (Wildman–Crippen LogP) is 0.512. The molecular formula is C5H7N3O. The molecule has 2 heterocycles. The summed E-state index contributed by atoms with van der Waals surface area (Å²) in [4.78, 5) is 0. The lowest BCUT2D eigenvalue weighted by atomic mass is 10.4. The van der Waals surface area contributed by atoms with E-state index < -0.39 is 0 Å². The molecule has 0 saturated carbocycles. The molecule has 0 radical (unpaired) electrons. The van der Waals surface area contributed by atoms with E-state index in [1.165, 1.54) is 0 Å². The van der Waals surface area contributed by atoms with Gasteiger partial charge in [-0.05, 0) is 0 Å². The van der Waals surface area contributed by atoms with Crippen LogP contribution in [0.25, 0.3) is 0 Å². The molecule has 1 aliphatic heterocycles. The molecule has 0 amide bonds. The zero-order valence-corrected chi connectivity index (χ0v) is 4.85. The lowest BCUT2D eigenvalue weighted by molar-refractivity contribution is 0.432. The van der Waals surface area contributed by atoms with Crippen LogP contribution in [-0.2, 0) is 0 Å². The van der Waals surface area contributed by atoms with E-state index in [0.29, 0.717) is 0 Å². The zero-order valence-electron chi connectivity index (χ0n) is 4.85. The van der Waals surface area contributed by atoms with E-state index in [9.17, 15) is 0 Å². The molecule has 0 unspecified atom stereocenters. The van der Waals surface area contributed by atoms with Crippen molar-refractivity contribution >= 4 is 11.6 Å². The molecule has 4 nitrogen and oxygen atoms in total. The van der Waals surface area contributed by atoms with Crippen LogP contribution in [0.15, 0.2) is 10.7 Å². The fourth-order valence-corrected chi connectivity index (χ4v) is 0.866. The molecule has 0 aliphatic carbocycles. The highest BCUT2D eigenvalue weighted by Crippen LogP contribution is 2.21. The largest absolute Gasteiger partial charge is 0.378 e. The van der Waals surface area contributed by atoms with Gasteiger partial charge in [0.1, 0.15) is 5.69 Å². The van der Waals surface area contributed by atoms with Gasteiger partial charge in [-0.1, -0.05) is 5.16 Å². The number of nitrogens with one attached hydrogen (secondary N) is 2. The van der Waals surface area contributed by atoms with Crippen LogP contribution in [0.5, 0.6) is 0 Å². The molecule has 0 saturated heterocycles. The third kappa shape index (κ3) is 0.630. The SMILES string of the molecule is c1noc2c1NCCN2. The van der Waals surface area contributed by atoms with Crippen LogP contribution in [0.1, 0.15) is 0 Å². The molecule has 1 aliphatic rings. The van der Waals surface area contributed by atoms with Gasteiger partial charge in [-0.2, -0.15) is 0 Å². The van der Waals surface area contributed by atoms with Gasteiger partial charge >= 0.3 is 0 Å². The number of nitrogens with zero attached hydrogens (tertiary/aromatic N) is 1. The zero-order chi connectivity index (χ0) is 6.10. The normalized spacial score (nSPS) is 15.6. The Hall–Kier alpha value is -1.19. The summed E-state index contributed by atoms with van der Waals surface area (Å²) < 4.78 is 4.83. The van der Waals surface area contributed by atoms with Gasteiger partial charge in [0.2, 0.25) is 5.88 Å². The second-order valence-electron chi connectivity index (χ2n) is 1.92. The summed E-state index contributed by atoms with van der Waals surface area (Å²) in [6.07, 6.45) is 1.67. The topological polar surface area (TPSA) is 50.1 Å². The third-order valence-corrected chi connectivity index (χ3v) is 1.30. The number of aromatic nitrogens is 1. The van der Waals surface area contributed by atoms with Gasteiger partial charge in [0, 0.05) is 13.1 Å². The first-order valence-electron chi connectivity index (χ1n) is 2.89. The molecule has 2 rings (SSSR count). The number of hydrogen-bond donors (Lipinski definition) is 2. The first-order chi connectivity index (χ1) is 4.47. The fourth-order valence-electron chi connectivity index (χ4n) is 0.866. The van der Waals surface area contributed by atoms with Gasteiger partial charge < -0.3 is 15.2 Å². The molecule has 48 valence electrons. The Kier molecular flexibility index (Phi) is 0.855. The fraction of sp³-hybridized carbons (Fsp3) is 0.400. The first-order valence-corrected chi connectivity index (χ1v) is 2.89. The van der Waals surface area contributed by atoms with E-state index in [0.717, 1.165) is 24.7 Å². The van der Waals surface area contributed by atoms with Crippen LogP contribution in [0.2, 0.25) is 0 Å². The van der Waals surface area contributed by atoms with Crippen molar-refractivity contribution < 1.29 is 4.52 Å². The van der Waals surface area contributed by atoms with Crippen LogP contribution in [0, 0.1) is 0 Å². The van der Waals surface area contributed by atoms with Crippen molar-refractivity contribution in [1.82, 2.24) is 5.16 Å². The summed E-state index contributed by atoms with van der Waals surface area (Å²) >= 11 is 0. The van der Waals surface area contributed by atoms with Crippen LogP contribution >= 0.6 is 0 Å². The number of fused-ring (bicyclic) bond motifs is 1. The van der Waals surface area contributed by atoms with Crippen molar-refractivity contribution in [3.05, 3.63) is 6.20 Å². The Morgan fingerprint density at radius 2 is 2.33 bits per heavy atom. The minimum absolute atomic E-state index is 0.751. The molecule has 2 N–H and O–H groups in total. The van der Waals surface area contributed by atoms with Gasteiger partial charge in [-0.15, -0.1) is 0 Å². The maximum atomic E-state index is 4.83. The molecule has 1 aromatic rings. The standard InChI is InChI=1S/C5H7N3O/c1-2-7-5-4(6-1)3-8-9-5/h3,6-7H,1-2H2. The second kappa shape index (κ2) is 1.65. The maximum absolute atomic E-state index is 4.83. The average molecular weight is 125 g/mol. The Morgan fingerprint density at radius 3 is 3.22 bits per heavy atom. The lowest BCUT2D eigenvalue weighted by Gasteiger charge is -2.11. The third-order valence-electron chi connectivity index (χ3n) is 1.30. The molecule has 0 bridgehead atoms. The van der Waals surface area contributed by atoms with Gasteiger partial charge in [0.25, 0.3) is 0 Å². The Morgan fingerprint density at radius 1 is 1.44 bits per heavy atom. The van der Waals surface area contributed by atoms with Crippen LogP contribution in [0.3, 0.4) is 0 Å². The van der Waals surface area contributed by atoms with Crippen molar-refractivity contribution in [1.29, 1.82) is 0 Å². The maximum Gasteiger partial charge on any atom is 0.248 e. The minimum atomic E-state index is 0.751. The number of rotatable bonds is 0. The summed E-state index contributed by atoms with van der Waals surface area (Å²) in [6, 6.07) is 0. The van der Waals surface area contributed by atoms with Gasteiger partial charge in [-0.3, -0.25) is 0 Å². The minimum Gasteiger partial charge on any atom is -0.378 e. The number of hydrogen-bond acceptors (Lipinski definition) is 4. The lowest BCUT2D eigenvalue weighted by Crippen LogP contribution is -2.18. The molecule has 0 atom stereocenters. The molecule has 1 aromatic heterocycles. The summed E-state index contributed by atoms with van der Waals surface area (Å²) in [5.74, 6) is 0.751. The van der Waals surface area contributed by atoms with Gasteiger partial charge in [0.05, 0.1) is 6.20 Å². The molecule has 4 heteroatoms. The summed E-state index contributed by atoms with van der Waals surface area (Å²) in [5.41, 5.74) is 0.959. The monoisotopic (exact) mass is 125 g/mol. The quantitative estimate of drug-likeness (QED) is 0.530. The van der Waals surface area contributed by atoms with Crippen molar-refractivity contribution in [2.75, 3.05) is 23.7 Å². The summed E-state index contributed by atoms with van der Waals surface area (Å²) in [6.45, 7) is 1.84. The molecule has 0 spiro atoms. The van der Waals surface area contributed by atoms with E-state index in [1.807, 2.05) is 0 Å². The summed E-state index contributed by atoms with van der Waals surface area (Å²) in [7, 11) is 0. The molecule has 0 aromatic carbocycles. The van der Waals surface area contributed by atoms with Crippen LogP contribution in [-0.4, -0.2) is 18.2 Å². The van der Waals surface area contributed by atoms with Crippen molar-refractivity contribution in [3.8, 4) is 0 Å². The predicted molar refractivity (Wildman–Crippen MR) is 33.5 cm³/mol. The van der Waals surface area contributed by atoms with E-state index in [4.69, 9.17) is 4.52 Å². The number of anilines is 2. The summed E-state index contributed by atoms with van der Waals surface area (Å²) in [5, 5.41) is 9.78. The van der Waals surface area contributed by atoms with Crippen LogP contribution in [0.4, 0.5) is 11.6 Å². The molecular weight excluding hydrogens is 118 g/mol. The first kappa shape index (κ1) is 4.67. The average Bonchev–Trinajstić information content (AvgIpc) is 2.33. The smallest absolute Gasteiger partial charge is 0.248 e. The highest BCUT2D eigenvalue weighted by Gasteiger charge is 2.09. The molecule has 9 heavy (non-hydrogen) atoms. The second-order valence-corrected chi connectivity index (χ2v) is 1.92. The van der Waals surface area contributed by atoms with Crippen molar-refractivity contribution in [3.63, 3.8) is 0 Å². The van der Waals surface area contributed by atoms with Crippen LogP contribution < -0.4 is 10.6 Å². The van der Waals surface area contributed by atoms with Crippen molar-refractivity contribution in [2.45, 2.75) is 0 Å². The van der Waals surface area contributed by atoms with E-state index >= 15 is 0 Å².